The molecule has 3 aromatic heterocycles. The highest BCUT2D eigenvalue weighted by Gasteiger charge is 2.38. The van der Waals surface area contributed by atoms with Crippen molar-refractivity contribution in [3.63, 3.8) is 0 Å². The maximum absolute atomic E-state index is 12.8. The number of para-hydroxylation sites is 1. The standard InChI is InChI=1S/C31H38N8O2/c1-7-26(40)23-17-33-28(36-27-12-11-20(16-32-27)18-38(4)21-14-31(2,3)15-21)13-25(23)35-24-10-8-9-22(29(24)41-6)30-34-19-39(5)37-30/h8-13,16-17,19,21H,7,14-15,18H2,1-6H3,(H2,32,33,35,36). The number of carbonyl (C=O) groups is 1. The number of rotatable bonds is 11. The number of aryl methyl sites for hydroxylation is 1. The Morgan fingerprint density at radius 2 is 1.85 bits per heavy atom. The Hall–Kier alpha value is -4.31. The van der Waals surface area contributed by atoms with Crippen molar-refractivity contribution in [2.75, 3.05) is 24.8 Å². The van der Waals surface area contributed by atoms with E-state index >= 15 is 0 Å². The van der Waals surface area contributed by atoms with Gasteiger partial charge in [-0.1, -0.05) is 32.9 Å². The molecule has 0 radical (unpaired) electrons. The summed E-state index contributed by atoms with van der Waals surface area (Å²) in [5.41, 5.74) is 4.14. The van der Waals surface area contributed by atoms with Gasteiger partial charge in [-0.05, 0) is 49.1 Å². The van der Waals surface area contributed by atoms with E-state index in [2.05, 4.69) is 62.5 Å². The molecule has 0 bridgehead atoms. The lowest BCUT2D eigenvalue weighted by Gasteiger charge is -2.47. The number of benzene rings is 1. The number of hydrogen-bond donors (Lipinski definition) is 2. The highest BCUT2D eigenvalue weighted by molar-refractivity contribution is 6.02. The summed E-state index contributed by atoms with van der Waals surface area (Å²) in [6, 6.07) is 12.2. The van der Waals surface area contributed by atoms with Crippen molar-refractivity contribution in [3.8, 4) is 17.1 Å². The molecule has 1 aliphatic carbocycles. The van der Waals surface area contributed by atoms with Crippen molar-refractivity contribution in [1.29, 1.82) is 0 Å². The Morgan fingerprint density at radius 3 is 2.49 bits per heavy atom. The van der Waals surface area contributed by atoms with Gasteiger partial charge in [-0.3, -0.25) is 14.4 Å². The van der Waals surface area contributed by atoms with Gasteiger partial charge in [0.2, 0.25) is 0 Å². The first-order valence-corrected chi connectivity index (χ1v) is 13.9. The molecule has 3 heterocycles. The number of carbonyl (C=O) groups excluding carboxylic acids is 1. The zero-order chi connectivity index (χ0) is 29.1. The molecule has 1 saturated carbocycles. The van der Waals surface area contributed by atoms with Gasteiger partial charge in [-0.25, -0.2) is 15.0 Å². The van der Waals surface area contributed by atoms with Crippen molar-refractivity contribution < 1.29 is 9.53 Å². The first-order chi connectivity index (χ1) is 19.7. The predicted molar refractivity (Wildman–Crippen MR) is 161 cm³/mol. The van der Waals surface area contributed by atoms with Gasteiger partial charge in [0, 0.05) is 44.5 Å². The van der Waals surface area contributed by atoms with Gasteiger partial charge in [0.1, 0.15) is 18.0 Å². The summed E-state index contributed by atoms with van der Waals surface area (Å²) >= 11 is 0. The van der Waals surface area contributed by atoms with E-state index in [0.717, 1.165) is 17.7 Å². The van der Waals surface area contributed by atoms with Crippen LogP contribution in [-0.2, 0) is 13.6 Å². The maximum atomic E-state index is 12.8. The van der Waals surface area contributed by atoms with Crippen molar-refractivity contribution >= 4 is 28.8 Å². The van der Waals surface area contributed by atoms with E-state index in [-0.39, 0.29) is 5.78 Å². The maximum Gasteiger partial charge on any atom is 0.184 e. The second kappa shape index (κ2) is 11.7. The number of ketones is 1. The highest BCUT2D eigenvalue weighted by Crippen LogP contribution is 2.42. The molecule has 214 valence electrons. The van der Waals surface area contributed by atoms with Crippen LogP contribution >= 0.6 is 0 Å². The van der Waals surface area contributed by atoms with Gasteiger partial charge < -0.3 is 15.4 Å². The quantitative estimate of drug-likeness (QED) is 0.216. The Kier molecular flexibility index (Phi) is 8.03. The smallest absolute Gasteiger partial charge is 0.184 e. The highest BCUT2D eigenvalue weighted by atomic mass is 16.5. The number of Topliss-reactive ketones (excluding diaryl/α,β-unsaturated/α-hetero) is 1. The van der Waals surface area contributed by atoms with Crippen LogP contribution in [-0.4, -0.2) is 55.6 Å². The molecular formula is C31H38N8O2. The minimum absolute atomic E-state index is 0.0190. The normalized spacial score (nSPS) is 14.5. The van der Waals surface area contributed by atoms with Crippen LogP contribution in [0, 0.1) is 5.41 Å². The molecule has 4 aromatic rings. The zero-order valence-electron chi connectivity index (χ0n) is 24.6. The van der Waals surface area contributed by atoms with E-state index in [1.165, 1.54) is 12.8 Å². The van der Waals surface area contributed by atoms with E-state index in [4.69, 9.17) is 4.74 Å². The van der Waals surface area contributed by atoms with Crippen LogP contribution < -0.4 is 15.4 Å². The van der Waals surface area contributed by atoms with E-state index in [9.17, 15) is 4.79 Å². The monoisotopic (exact) mass is 554 g/mol. The molecule has 1 aliphatic rings. The zero-order valence-corrected chi connectivity index (χ0v) is 24.6. The van der Waals surface area contributed by atoms with E-state index in [0.29, 0.717) is 58.0 Å². The summed E-state index contributed by atoms with van der Waals surface area (Å²) in [5, 5.41) is 11.1. The average Bonchev–Trinajstić information content (AvgIpc) is 3.38. The van der Waals surface area contributed by atoms with E-state index in [1.54, 1.807) is 24.3 Å². The Balaban J connectivity index is 1.35. The van der Waals surface area contributed by atoms with Crippen molar-refractivity contribution in [2.45, 2.75) is 52.6 Å². The molecule has 10 nitrogen and oxygen atoms in total. The van der Waals surface area contributed by atoms with Crippen LogP contribution in [0.4, 0.5) is 23.0 Å². The number of pyridine rings is 2. The Bertz CT molecular complexity index is 1520. The van der Waals surface area contributed by atoms with Crippen LogP contribution in [0.25, 0.3) is 11.4 Å². The topological polar surface area (TPSA) is 110 Å². The fourth-order valence-corrected chi connectivity index (χ4v) is 5.35. The number of nitrogens with one attached hydrogen (secondary N) is 2. The molecular weight excluding hydrogens is 516 g/mol. The second-order valence-electron chi connectivity index (χ2n) is 11.5. The van der Waals surface area contributed by atoms with Gasteiger partial charge in [0.05, 0.1) is 29.6 Å². The number of aromatic nitrogens is 5. The molecule has 0 spiro atoms. The fourth-order valence-electron chi connectivity index (χ4n) is 5.35. The van der Waals surface area contributed by atoms with E-state index < -0.39 is 0 Å². The minimum Gasteiger partial charge on any atom is -0.494 e. The van der Waals surface area contributed by atoms with Crippen LogP contribution in [0.5, 0.6) is 5.75 Å². The fraction of sp³-hybridized carbons (Fsp3) is 0.387. The number of hydrogen-bond acceptors (Lipinski definition) is 9. The van der Waals surface area contributed by atoms with Gasteiger partial charge in [0.25, 0.3) is 0 Å². The van der Waals surface area contributed by atoms with Crippen molar-refractivity contribution in [3.05, 3.63) is 66.2 Å². The Morgan fingerprint density at radius 1 is 1.07 bits per heavy atom. The summed E-state index contributed by atoms with van der Waals surface area (Å²) in [4.78, 5) is 28.7. The van der Waals surface area contributed by atoms with Gasteiger partial charge in [0.15, 0.2) is 17.4 Å². The number of nitrogens with zero attached hydrogens (tertiary/aromatic N) is 6. The lowest BCUT2D eigenvalue weighted by molar-refractivity contribution is 0.0373. The average molecular weight is 555 g/mol. The summed E-state index contributed by atoms with van der Waals surface area (Å²) < 4.78 is 7.40. The summed E-state index contributed by atoms with van der Waals surface area (Å²) in [6.07, 6.45) is 7.95. The molecule has 2 N–H and O–H groups in total. The molecule has 5 rings (SSSR count). The molecule has 41 heavy (non-hydrogen) atoms. The predicted octanol–water partition coefficient (Wildman–Crippen LogP) is 5.98. The lowest BCUT2D eigenvalue weighted by atomic mass is 9.68. The summed E-state index contributed by atoms with van der Waals surface area (Å²) in [6.45, 7) is 7.35. The third kappa shape index (κ3) is 6.38. The summed E-state index contributed by atoms with van der Waals surface area (Å²) in [7, 11) is 5.60. The molecule has 10 heteroatoms. The number of methoxy groups -OCH3 is 1. The minimum atomic E-state index is -0.0190. The molecule has 0 aliphatic heterocycles. The first kappa shape index (κ1) is 28.2. The number of ether oxygens (including phenoxy) is 1. The van der Waals surface area contributed by atoms with Gasteiger partial charge in [-0.2, -0.15) is 5.10 Å². The molecule has 1 fully saturated rings. The molecule has 0 atom stereocenters. The van der Waals surface area contributed by atoms with Crippen LogP contribution in [0.1, 0.15) is 56.0 Å². The van der Waals surface area contributed by atoms with Gasteiger partial charge in [-0.15, -0.1) is 0 Å². The Labute approximate surface area is 241 Å². The third-order valence-electron chi connectivity index (χ3n) is 7.57. The molecule has 0 unspecified atom stereocenters. The van der Waals surface area contributed by atoms with Crippen LogP contribution in [0.2, 0.25) is 0 Å². The first-order valence-electron chi connectivity index (χ1n) is 13.9. The molecule has 0 amide bonds. The lowest BCUT2D eigenvalue weighted by Crippen LogP contribution is -2.46. The largest absolute Gasteiger partial charge is 0.494 e. The third-order valence-corrected chi connectivity index (χ3v) is 7.57. The second-order valence-corrected chi connectivity index (χ2v) is 11.5. The summed E-state index contributed by atoms with van der Waals surface area (Å²) in [5.74, 6) is 2.35. The molecule has 0 saturated heterocycles. The molecule has 1 aromatic carbocycles. The van der Waals surface area contributed by atoms with Crippen LogP contribution in [0.15, 0.2) is 55.1 Å². The van der Waals surface area contributed by atoms with Crippen LogP contribution in [0.3, 0.4) is 0 Å². The SMILES string of the molecule is CCC(=O)c1cnc(Nc2ccc(CN(C)C3CC(C)(C)C3)cn2)cc1Nc1cccc(-c2ncn(C)n2)c1OC. The van der Waals surface area contributed by atoms with Crippen molar-refractivity contribution in [1.82, 2.24) is 29.6 Å². The van der Waals surface area contributed by atoms with Gasteiger partial charge >= 0.3 is 0 Å². The van der Waals surface area contributed by atoms with Crippen molar-refractivity contribution in [2.24, 2.45) is 12.5 Å². The van der Waals surface area contributed by atoms with E-state index in [1.807, 2.05) is 50.5 Å². The number of anilines is 4.